The SMILES string of the molecule is CCC(CC)(c1ccccc1)c1nc(O)cc(=O)[nH]1. The van der Waals surface area contributed by atoms with Crippen molar-refractivity contribution in [3.63, 3.8) is 0 Å². The topological polar surface area (TPSA) is 66.0 Å². The second kappa shape index (κ2) is 5.26. The Morgan fingerprint density at radius 1 is 1.21 bits per heavy atom. The monoisotopic (exact) mass is 258 g/mol. The number of hydrogen-bond acceptors (Lipinski definition) is 3. The van der Waals surface area contributed by atoms with Crippen molar-refractivity contribution in [3.8, 4) is 5.88 Å². The van der Waals surface area contributed by atoms with Gasteiger partial charge in [-0.3, -0.25) is 4.79 Å². The zero-order chi connectivity index (χ0) is 13.9. The third-order valence-corrected chi connectivity index (χ3v) is 3.71. The molecule has 0 aliphatic rings. The molecular formula is C15H18N2O2. The molecule has 100 valence electrons. The molecular weight excluding hydrogens is 240 g/mol. The predicted molar refractivity (Wildman–Crippen MR) is 74.3 cm³/mol. The van der Waals surface area contributed by atoms with Crippen LogP contribution in [0.25, 0.3) is 0 Å². The zero-order valence-electron chi connectivity index (χ0n) is 11.2. The fraction of sp³-hybridized carbons (Fsp3) is 0.333. The van der Waals surface area contributed by atoms with Crippen LogP contribution >= 0.6 is 0 Å². The number of nitrogens with zero attached hydrogens (tertiary/aromatic N) is 1. The highest BCUT2D eigenvalue weighted by Crippen LogP contribution is 2.36. The van der Waals surface area contributed by atoms with E-state index < -0.39 is 0 Å². The second-order valence-corrected chi connectivity index (χ2v) is 4.61. The van der Waals surface area contributed by atoms with Crippen LogP contribution in [0.3, 0.4) is 0 Å². The van der Waals surface area contributed by atoms with Gasteiger partial charge in [-0.15, -0.1) is 0 Å². The first-order valence-corrected chi connectivity index (χ1v) is 6.48. The summed E-state index contributed by atoms with van der Waals surface area (Å²) < 4.78 is 0. The lowest BCUT2D eigenvalue weighted by atomic mass is 9.75. The number of H-pyrrole nitrogens is 1. The summed E-state index contributed by atoms with van der Waals surface area (Å²) in [4.78, 5) is 18.5. The molecule has 4 nitrogen and oxygen atoms in total. The third kappa shape index (κ3) is 2.38. The molecule has 0 atom stereocenters. The average Bonchev–Trinajstić information content (AvgIpc) is 2.41. The summed E-state index contributed by atoms with van der Waals surface area (Å²) in [6.07, 6.45) is 1.58. The zero-order valence-corrected chi connectivity index (χ0v) is 11.2. The van der Waals surface area contributed by atoms with Crippen molar-refractivity contribution in [2.24, 2.45) is 0 Å². The summed E-state index contributed by atoms with van der Waals surface area (Å²) >= 11 is 0. The molecule has 0 amide bonds. The van der Waals surface area contributed by atoms with Crippen LogP contribution in [0.4, 0.5) is 0 Å². The summed E-state index contributed by atoms with van der Waals surface area (Å²) in [7, 11) is 0. The number of hydrogen-bond donors (Lipinski definition) is 2. The van der Waals surface area contributed by atoms with E-state index in [1.165, 1.54) is 0 Å². The maximum atomic E-state index is 11.6. The summed E-state index contributed by atoms with van der Waals surface area (Å²) in [6, 6.07) is 11.0. The standard InChI is InChI=1S/C15H18N2O2/c1-3-15(4-2,11-8-6-5-7-9-11)14-16-12(18)10-13(19)17-14/h5-10H,3-4H2,1-2H3,(H2,16,17,18,19). The third-order valence-electron chi connectivity index (χ3n) is 3.71. The largest absolute Gasteiger partial charge is 0.493 e. The number of rotatable bonds is 4. The van der Waals surface area contributed by atoms with Crippen molar-refractivity contribution in [1.29, 1.82) is 0 Å². The molecule has 2 aromatic rings. The molecule has 0 aliphatic carbocycles. The Hall–Kier alpha value is -2.10. The van der Waals surface area contributed by atoms with Crippen molar-refractivity contribution in [2.75, 3.05) is 0 Å². The molecule has 2 N–H and O–H groups in total. The van der Waals surface area contributed by atoms with Crippen molar-refractivity contribution >= 4 is 0 Å². The van der Waals surface area contributed by atoms with Gasteiger partial charge in [0.25, 0.3) is 5.56 Å². The Kier molecular flexibility index (Phi) is 3.69. The van der Waals surface area contributed by atoms with E-state index in [0.717, 1.165) is 24.5 Å². The molecule has 1 aromatic heterocycles. The molecule has 0 radical (unpaired) electrons. The van der Waals surface area contributed by atoms with Crippen molar-refractivity contribution < 1.29 is 5.11 Å². The van der Waals surface area contributed by atoms with E-state index in [1.54, 1.807) is 0 Å². The van der Waals surface area contributed by atoms with E-state index in [2.05, 4.69) is 23.8 Å². The quantitative estimate of drug-likeness (QED) is 0.885. The van der Waals surface area contributed by atoms with Crippen LogP contribution < -0.4 is 5.56 Å². The molecule has 0 unspecified atom stereocenters. The van der Waals surface area contributed by atoms with Crippen molar-refractivity contribution in [2.45, 2.75) is 32.1 Å². The van der Waals surface area contributed by atoms with Crippen LogP contribution in [-0.2, 0) is 5.41 Å². The summed E-state index contributed by atoms with van der Waals surface area (Å²) in [5.41, 5.74) is 0.387. The molecule has 0 spiro atoms. The fourth-order valence-electron chi connectivity index (χ4n) is 2.56. The molecule has 19 heavy (non-hydrogen) atoms. The van der Waals surface area contributed by atoms with Crippen LogP contribution in [0, 0.1) is 0 Å². The van der Waals surface area contributed by atoms with E-state index in [-0.39, 0.29) is 16.9 Å². The van der Waals surface area contributed by atoms with E-state index in [0.29, 0.717) is 5.82 Å². The van der Waals surface area contributed by atoms with E-state index in [4.69, 9.17) is 0 Å². The van der Waals surface area contributed by atoms with Gasteiger partial charge in [0.15, 0.2) is 0 Å². The Balaban J connectivity index is 2.66. The van der Waals surface area contributed by atoms with Gasteiger partial charge < -0.3 is 10.1 Å². The van der Waals surface area contributed by atoms with Crippen molar-refractivity contribution in [1.82, 2.24) is 9.97 Å². The van der Waals surface area contributed by atoms with Crippen LogP contribution in [0.1, 0.15) is 38.1 Å². The van der Waals surface area contributed by atoms with Crippen LogP contribution in [0.2, 0.25) is 0 Å². The number of nitrogens with one attached hydrogen (secondary N) is 1. The Morgan fingerprint density at radius 2 is 1.84 bits per heavy atom. The van der Waals surface area contributed by atoms with Crippen LogP contribution in [0.15, 0.2) is 41.2 Å². The van der Waals surface area contributed by atoms with E-state index in [1.807, 2.05) is 30.3 Å². The number of aromatic nitrogens is 2. The Morgan fingerprint density at radius 3 is 2.37 bits per heavy atom. The van der Waals surface area contributed by atoms with Gasteiger partial charge in [-0.25, -0.2) is 0 Å². The minimum Gasteiger partial charge on any atom is -0.493 e. The van der Waals surface area contributed by atoms with E-state index in [9.17, 15) is 9.90 Å². The number of benzene rings is 1. The first kappa shape index (κ1) is 13.3. The molecule has 1 aromatic carbocycles. The lowest BCUT2D eigenvalue weighted by Crippen LogP contribution is -2.31. The van der Waals surface area contributed by atoms with E-state index >= 15 is 0 Å². The first-order chi connectivity index (χ1) is 9.12. The first-order valence-electron chi connectivity index (χ1n) is 6.48. The van der Waals surface area contributed by atoms with Gasteiger partial charge in [0.2, 0.25) is 5.88 Å². The average molecular weight is 258 g/mol. The maximum Gasteiger partial charge on any atom is 0.254 e. The fourth-order valence-corrected chi connectivity index (χ4v) is 2.56. The van der Waals surface area contributed by atoms with Gasteiger partial charge in [0, 0.05) is 0 Å². The molecule has 1 heterocycles. The Bertz CT molecular complexity index is 601. The lowest BCUT2D eigenvalue weighted by Gasteiger charge is -2.31. The Labute approximate surface area is 112 Å². The molecule has 0 fully saturated rings. The smallest absolute Gasteiger partial charge is 0.254 e. The normalized spacial score (nSPS) is 11.5. The minimum atomic E-state index is -0.376. The summed E-state index contributed by atoms with van der Waals surface area (Å²) in [6.45, 7) is 4.11. The number of aromatic hydroxyl groups is 1. The summed E-state index contributed by atoms with van der Waals surface area (Å²) in [5, 5.41) is 9.56. The molecule has 0 saturated carbocycles. The van der Waals surface area contributed by atoms with Gasteiger partial charge >= 0.3 is 0 Å². The van der Waals surface area contributed by atoms with Gasteiger partial charge in [0.05, 0.1) is 11.5 Å². The number of aromatic amines is 1. The highest BCUT2D eigenvalue weighted by Gasteiger charge is 2.33. The lowest BCUT2D eigenvalue weighted by molar-refractivity contribution is 0.412. The molecule has 0 bridgehead atoms. The molecule has 0 aliphatic heterocycles. The van der Waals surface area contributed by atoms with Gasteiger partial charge in [-0.2, -0.15) is 4.98 Å². The highest BCUT2D eigenvalue weighted by atomic mass is 16.3. The second-order valence-electron chi connectivity index (χ2n) is 4.61. The van der Waals surface area contributed by atoms with Crippen LogP contribution in [0.5, 0.6) is 5.88 Å². The molecule has 2 rings (SSSR count). The van der Waals surface area contributed by atoms with Gasteiger partial charge in [-0.05, 0) is 18.4 Å². The van der Waals surface area contributed by atoms with Crippen LogP contribution in [-0.4, -0.2) is 15.1 Å². The summed E-state index contributed by atoms with van der Waals surface area (Å²) in [5.74, 6) is 0.287. The minimum absolute atomic E-state index is 0.235. The molecule has 0 saturated heterocycles. The maximum absolute atomic E-state index is 11.6. The highest BCUT2D eigenvalue weighted by molar-refractivity contribution is 5.33. The predicted octanol–water partition coefficient (Wildman–Crippen LogP) is 2.58. The van der Waals surface area contributed by atoms with Gasteiger partial charge in [0.1, 0.15) is 5.82 Å². The molecule has 4 heteroatoms. The van der Waals surface area contributed by atoms with Crippen molar-refractivity contribution in [3.05, 3.63) is 58.1 Å². The van der Waals surface area contributed by atoms with Gasteiger partial charge in [-0.1, -0.05) is 44.2 Å².